The second-order valence-electron chi connectivity index (χ2n) is 4.90. The van der Waals surface area contributed by atoms with Crippen LogP contribution in [0.5, 0.6) is 0 Å². The first-order chi connectivity index (χ1) is 8.21. The molecule has 2 rings (SSSR count). The van der Waals surface area contributed by atoms with Crippen molar-refractivity contribution in [1.29, 1.82) is 0 Å². The molecule has 0 bridgehead atoms. The van der Waals surface area contributed by atoms with Gasteiger partial charge in [0.1, 0.15) is 0 Å². The number of ketones is 1. The summed E-state index contributed by atoms with van der Waals surface area (Å²) >= 11 is 0. The molecular weight excluding hydrogens is 245 g/mol. The minimum atomic E-state index is -4.83. The molecule has 1 aromatic rings. The third kappa shape index (κ3) is 2.05. The standard InChI is InChI=1S/C12H15F3N2O/c1-6-5-17(3)7(2)8-4-9(16-10(6)8)11(18)12(13,14)15/h4,6-7,16H,5H2,1-3H3/t6-,7+/m1/s1. The molecule has 1 N–H and O–H groups in total. The van der Waals surface area contributed by atoms with Crippen molar-refractivity contribution < 1.29 is 18.0 Å². The van der Waals surface area contributed by atoms with E-state index in [4.69, 9.17) is 0 Å². The second-order valence-corrected chi connectivity index (χ2v) is 4.90. The molecule has 0 saturated carbocycles. The highest BCUT2D eigenvalue weighted by Gasteiger charge is 2.41. The van der Waals surface area contributed by atoms with E-state index in [1.807, 2.05) is 20.9 Å². The predicted molar refractivity (Wildman–Crippen MR) is 60.6 cm³/mol. The topological polar surface area (TPSA) is 36.1 Å². The maximum atomic E-state index is 12.4. The molecule has 1 aromatic heterocycles. The van der Waals surface area contributed by atoms with Crippen LogP contribution in [0.15, 0.2) is 6.07 Å². The first kappa shape index (κ1) is 13.1. The minimum Gasteiger partial charge on any atom is -0.355 e. The smallest absolute Gasteiger partial charge is 0.355 e. The number of carbonyl (C=O) groups excluding carboxylic acids is 1. The lowest BCUT2D eigenvalue weighted by atomic mass is 9.93. The molecule has 2 atom stereocenters. The van der Waals surface area contributed by atoms with E-state index in [0.717, 1.165) is 17.8 Å². The monoisotopic (exact) mass is 260 g/mol. The Kier molecular flexibility index (Phi) is 3.01. The van der Waals surface area contributed by atoms with Gasteiger partial charge in [0, 0.05) is 24.2 Å². The average molecular weight is 260 g/mol. The highest BCUT2D eigenvalue weighted by Crippen LogP contribution is 2.35. The summed E-state index contributed by atoms with van der Waals surface area (Å²) in [6.45, 7) is 4.61. The van der Waals surface area contributed by atoms with Crippen LogP contribution in [-0.4, -0.2) is 35.4 Å². The van der Waals surface area contributed by atoms with Crippen LogP contribution >= 0.6 is 0 Å². The highest BCUT2D eigenvalue weighted by molar-refractivity contribution is 5.99. The molecular formula is C12H15F3N2O. The Bertz CT molecular complexity index is 478. The van der Waals surface area contributed by atoms with E-state index in [1.165, 1.54) is 6.07 Å². The Morgan fingerprint density at radius 1 is 1.44 bits per heavy atom. The molecule has 6 heteroatoms. The third-order valence-corrected chi connectivity index (χ3v) is 3.55. The van der Waals surface area contributed by atoms with E-state index in [-0.39, 0.29) is 17.7 Å². The Labute approximate surface area is 103 Å². The van der Waals surface area contributed by atoms with Gasteiger partial charge in [0.15, 0.2) is 0 Å². The largest absolute Gasteiger partial charge is 0.456 e. The third-order valence-electron chi connectivity index (χ3n) is 3.55. The van der Waals surface area contributed by atoms with Crippen LogP contribution in [0.2, 0.25) is 0 Å². The lowest BCUT2D eigenvalue weighted by Gasteiger charge is -2.33. The molecule has 2 heterocycles. The van der Waals surface area contributed by atoms with E-state index in [9.17, 15) is 18.0 Å². The zero-order chi connectivity index (χ0) is 13.7. The van der Waals surface area contributed by atoms with Crippen LogP contribution in [0.25, 0.3) is 0 Å². The molecule has 1 aliphatic heterocycles. The molecule has 0 radical (unpaired) electrons. The van der Waals surface area contributed by atoms with E-state index in [1.54, 1.807) is 0 Å². The van der Waals surface area contributed by atoms with Crippen LogP contribution in [0, 0.1) is 0 Å². The summed E-state index contributed by atoms with van der Waals surface area (Å²) in [5.74, 6) is -1.71. The molecule has 0 spiro atoms. The number of H-pyrrole nitrogens is 1. The molecule has 1 aliphatic rings. The molecule has 0 aromatic carbocycles. The van der Waals surface area contributed by atoms with E-state index in [0.29, 0.717) is 0 Å². The summed E-state index contributed by atoms with van der Waals surface area (Å²) in [5, 5.41) is 0. The van der Waals surface area contributed by atoms with Gasteiger partial charge in [0.05, 0.1) is 5.69 Å². The Hall–Kier alpha value is -1.30. The van der Waals surface area contributed by atoms with Crippen molar-refractivity contribution in [3.05, 3.63) is 23.0 Å². The number of rotatable bonds is 1. The van der Waals surface area contributed by atoms with Crippen molar-refractivity contribution in [2.45, 2.75) is 32.0 Å². The number of alkyl halides is 3. The highest BCUT2D eigenvalue weighted by atomic mass is 19.4. The van der Waals surface area contributed by atoms with Crippen molar-refractivity contribution in [1.82, 2.24) is 9.88 Å². The fraction of sp³-hybridized carbons (Fsp3) is 0.583. The molecule has 0 saturated heterocycles. The maximum absolute atomic E-state index is 12.4. The number of carbonyl (C=O) groups is 1. The van der Waals surface area contributed by atoms with Crippen LogP contribution < -0.4 is 0 Å². The average Bonchev–Trinajstić information content (AvgIpc) is 2.69. The number of likely N-dealkylation sites (N-methyl/N-ethyl adjacent to an activating group) is 1. The number of aromatic nitrogens is 1. The molecule has 0 unspecified atom stereocenters. The lowest BCUT2D eigenvalue weighted by Crippen LogP contribution is -2.32. The van der Waals surface area contributed by atoms with Crippen LogP contribution in [-0.2, 0) is 0 Å². The molecule has 18 heavy (non-hydrogen) atoms. The van der Waals surface area contributed by atoms with E-state index < -0.39 is 12.0 Å². The number of halogens is 3. The Balaban J connectivity index is 2.42. The Morgan fingerprint density at radius 2 is 2.06 bits per heavy atom. The van der Waals surface area contributed by atoms with Gasteiger partial charge < -0.3 is 4.98 Å². The number of nitrogens with one attached hydrogen (secondary N) is 1. The van der Waals surface area contributed by atoms with Crippen molar-refractivity contribution in [2.75, 3.05) is 13.6 Å². The lowest BCUT2D eigenvalue weighted by molar-refractivity contribution is -0.0888. The van der Waals surface area contributed by atoms with Gasteiger partial charge in [0.25, 0.3) is 5.78 Å². The summed E-state index contributed by atoms with van der Waals surface area (Å²) in [6.07, 6.45) is -4.83. The quantitative estimate of drug-likeness (QED) is 0.788. The maximum Gasteiger partial charge on any atom is 0.456 e. The van der Waals surface area contributed by atoms with E-state index >= 15 is 0 Å². The summed E-state index contributed by atoms with van der Waals surface area (Å²) in [5.41, 5.74) is 1.17. The van der Waals surface area contributed by atoms with Crippen LogP contribution in [0.3, 0.4) is 0 Å². The SMILES string of the molecule is C[C@@H]1CN(C)[C@@H](C)c2cc(C(=O)C(F)(F)F)[nH]c21. The number of aromatic amines is 1. The predicted octanol–water partition coefficient (Wildman–Crippen LogP) is 2.87. The molecule has 100 valence electrons. The molecule has 0 aliphatic carbocycles. The second kappa shape index (κ2) is 4.12. The van der Waals surface area contributed by atoms with Crippen molar-refractivity contribution in [3.63, 3.8) is 0 Å². The summed E-state index contributed by atoms with van der Waals surface area (Å²) in [6, 6.07) is 1.35. The van der Waals surface area contributed by atoms with Gasteiger partial charge in [-0.1, -0.05) is 6.92 Å². The summed E-state index contributed by atoms with van der Waals surface area (Å²) < 4.78 is 37.2. The van der Waals surface area contributed by atoms with Gasteiger partial charge >= 0.3 is 6.18 Å². The number of hydrogen-bond donors (Lipinski definition) is 1. The fourth-order valence-corrected chi connectivity index (χ4v) is 2.43. The van der Waals surface area contributed by atoms with Crippen molar-refractivity contribution >= 4 is 5.78 Å². The zero-order valence-corrected chi connectivity index (χ0v) is 10.4. The first-order valence-electron chi connectivity index (χ1n) is 5.76. The fourth-order valence-electron chi connectivity index (χ4n) is 2.43. The Morgan fingerprint density at radius 3 is 2.61 bits per heavy atom. The van der Waals surface area contributed by atoms with Gasteiger partial charge in [-0.2, -0.15) is 13.2 Å². The van der Waals surface area contributed by atoms with Gasteiger partial charge in [-0.05, 0) is 25.6 Å². The normalized spacial score (nSPS) is 25.0. The van der Waals surface area contributed by atoms with Crippen molar-refractivity contribution in [2.24, 2.45) is 0 Å². The first-order valence-corrected chi connectivity index (χ1v) is 5.76. The summed E-state index contributed by atoms with van der Waals surface area (Å²) in [4.78, 5) is 15.9. The summed E-state index contributed by atoms with van der Waals surface area (Å²) in [7, 11) is 1.92. The molecule has 0 amide bonds. The van der Waals surface area contributed by atoms with Crippen molar-refractivity contribution in [3.8, 4) is 0 Å². The number of Topliss-reactive ketones (excluding diaryl/α,β-unsaturated/α-hetero) is 1. The number of nitrogens with zero attached hydrogens (tertiary/aromatic N) is 1. The zero-order valence-electron chi connectivity index (χ0n) is 10.4. The van der Waals surface area contributed by atoms with Gasteiger partial charge in [-0.25, -0.2) is 0 Å². The number of hydrogen-bond acceptors (Lipinski definition) is 2. The van der Waals surface area contributed by atoms with Gasteiger partial charge in [-0.3, -0.25) is 9.69 Å². The number of fused-ring (bicyclic) bond motifs is 1. The van der Waals surface area contributed by atoms with Gasteiger partial charge in [0.2, 0.25) is 0 Å². The van der Waals surface area contributed by atoms with E-state index in [2.05, 4.69) is 9.88 Å². The van der Waals surface area contributed by atoms with Crippen LogP contribution in [0.4, 0.5) is 13.2 Å². The van der Waals surface area contributed by atoms with Gasteiger partial charge in [-0.15, -0.1) is 0 Å². The van der Waals surface area contributed by atoms with Crippen LogP contribution in [0.1, 0.15) is 47.6 Å². The minimum absolute atomic E-state index is 0.0160. The molecule has 0 fully saturated rings. The molecule has 3 nitrogen and oxygen atoms in total.